The van der Waals surface area contributed by atoms with Crippen LogP contribution in [0.4, 0.5) is 0 Å². The number of aliphatic carboxylic acids is 1. The van der Waals surface area contributed by atoms with Gasteiger partial charge in [-0.3, -0.25) is 4.79 Å². The first-order valence-electron chi connectivity index (χ1n) is 6.50. The molecule has 1 aromatic carbocycles. The van der Waals surface area contributed by atoms with E-state index in [-0.39, 0.29) is 6.61 Å². The molecule has 0 saturated carbocycles. The number of nitrogens with one attached hydrogen (secondary N) is 1. The van der Waals surface area contributed by atoms with E-state index in [0.29, 0.717) is 12.4 Å². The Balaban J connectivity index is 2.71. The smallest absolute Gasteiger partial charge is 0.328 e. The lowest BCUT2D eigenvalue weighted by Gasteiger charge is -2.11. The lowest BCUT2D eigenvalue weighted by Crippen LogP contribution is -2.43. The van der Waals surface area contributed by atoms with Crippen LogP contribution in [0.2, 0.25) is 0 Å². The van der Waals surface area contributed by atoms with Crippen molar-refractivity contribution in [3.63, 3.8) is 0 Å². The third kappa shape index (κ3) is 5.66. The molecule has 0 bridgehead atoms. The van der Waals surface area contributed by atoms with E-state index in [0.717, 1.165) is 5.56 Å². The van der Waals surface area contributed by atoms with Gasteiger partial charge in [-0.25, -0.2) is 4.79 Å². The normalized spacial score (nSPS) is 12.1. The van der Waals surface area contributed by atoms with E-state index in [1.807, 2.05) is 19.1 Å². The molecule has 0 heterocycles. The summed E-state index contributed by atoms with van der Waals surface area (Å²) >= 11 is 0. The Morgan fingerprint density at radius 3 is 2.71 bits per heavy atom. The maximum absolute atomic E-state index is 11.7. The molecule has 1 unspecified atom stereocenters. The average Bonchev–Trinajstić information content (AvgIpc) is 2.46. The van der Waals surface area contributed by atoms with E-state index < -0.39 is 17.9 Å². The molecule has 1 amide bonds. The van der Waals surface area contributed by atoms with Crippen LogP contribution in [0.25, 0.3) is 6.08 Å². The Morgan fingerprint density at radius 2 is 2.10 bits per heavy atom. The standard InChI is InChI=1S/C15H19NO5/c1-3-21-13-7-5-4-6-11(13)8-9-14(17)16-12(10-20-2)15(18)19/h4-9,12H,3,10H2,1-2H3,(H,16,17)(H,18,19)/b9-8+. The highest BCUT2D eigenvalue weighted by Crippen LogP contribution is 2.19. The number of para-hydroxylation sites is 1. The van der Waals surface area contributed by atoms with Crippen LogP contribution in [0.15, 0.2) is 30.3 Å². The molecule has 114 valence electrons. The molecule has 2 N–H and O–H groups in total. The molecule has 0 radical (unpaired) electrons. The summed E-state index contributed by atoms with van der Waals surface area (Å²) in [7, 11) is 1.37. The van der Waals surface area contributed by atoms with Crippen LogP contribution < -0.4 is 10.1 Å². The molecule has 0 fully saturated rings. The van der Waals surface area contributed by atoms with E-state index >= 15 is 0 Å². The number of carboxylic acid groups (broad SMARTS) is 1. The topological polar surface area (TPSA) is 84.9 Å². The average molecular weight is 293 g/mol. The number of carbonyl (C=O) groups is 2. The first-order chi connectivity index (χ1) is 10.1. The van der Waals surface area contributed by atoms with E-state index in [9.17, 15) is 9.59 Å². The molecular weight excluding hydrogens is 274 g/mol. The van der Waals surface area contributed by atoms with Crippen molar-refractivity contribution >= 4 is 18.0 Å². The molecule has 6 heteroatoms. The molecule has 0 aliphatic heterocycles. The number of benzene rings is 1. The van der Waals surface area contributed by atoms with Gasteiger partial charge in [0.05, 0.1) is 13.2 Å². The third-order valence-electron chi connectivity index (χ3n) is 2.58. The first-order valence-corrected chi connectivity index (χ1v) is 6.50. The Bertz CT molecular complexity index is 513. The van der Waals surface area contributed by atoms with Crippen molar-refractivity contribution in [2.24, 2.45) is 0 Å². The van der Waals surface area contributed by atoms with Gasteiger partial charge in [0, 0.05) is 18.7 Å². The number of hydrogen-bond donors (Lipinski definition) is 2. The van der Waals surface area contributed by atoms with Gasteiger partial charge in [-0.1, -0.05) is 18.2 Å². The SMILES string of the molecule is CCOc1ccccc1/C=C/C(=O)NC(COC)C(=O)O. The van der Waals surface area contributed by atoms with Gasteiger partial charge < -0.3 is 19.9 Å². The van der Waals surface area contributed by atoms with E-state index in [2.05, 4.69) is 5.32 Å². The van der Waals surface area contributed by atoms with Crippen molar-refractivity contribution in [1.29, 1.82) is 0 Å². The summed E-state index contributed by atoms with van der Waals surface area (Å²) in [5.74, 6) is -0.991. The number of methoxy groups -OCH3 is 1. The molecule has 0 spiro atoms. The highest BCUT2D eigenvalue weighted by molar-refractivity contribution is 5.94. The van der Waals surface area contributed by atoms with Crippen molar-refractivity contribution in [2.75, 3.05) is 20.3 Å². The number of amides is 1. The number of ether oxygens (including phenoxy) is 2. The van der Waals surface area contributed by atoms with Crippen LogP contribution in [0.3, 0.4) is 0 Å². The molecule has 1 rings (SSSR count). The Morgan fingerprint density at radius 1 is 1.38 bits per heavy atom. The largest absolute Gasteiger partial charge is 0.493 e. The molecule has 1 atom stereocenters. The van der Waals surface area contributed by atoms with E-state index in [4.69, 9.17) is 14.6 Å². The maximum atomic E-state index is 11.7. The molecule has 1 aromatic rings. The predicted molar refractivity (Wildman–Crippen MR) is 78.1 cm³/mol. The van der Waals surface area contributed by atoms with Crippen LogP contribution in [0.5, 0.6) is 5.75 Å². The maximum Gasteiger partial charge on any atom is 0.328 e. The summed E-state index contributed by atoms with van der Waals surface area (Å²) in [6.07, 6.45) is 2.84. The Hall–Kier alpha value is -2.34. The lowest BCUT2D eigenvalue weighted by molar-refractivity contribution is -0.142. The second-order valence-corrected chi connectivity index (χ2v) is 4.16. The number of carbonyl (C=O) groups excluding carboxylic acids is 1. The predicted octanol–water partition coefficient (Wildman–Crippen LogP) is 1.31. The van der Waals surface area contributed by atoms with Gasteiger partial charge in [0.25, 0.3) is 0 Å². The number of carboxylic acids is 1. The van der Waals surface area contributed by atoms with Gasteiger partial charge in [-0.2, -0.15) is 0 Å². The summed E-state index contributed by atoms with van der Waals surface area (Å²) in [4.78, 5) is 22.6. The second kappa shape index (κ2) is 8.76. The van der Waals surface area contributed by atoms with Crippen LogP contribution in [0, 0.1) is 0 Å². The highest BCUT2D eigenvalue weighted by atomic mass is 16.5. The zero-order chi connectivity index (χ0) is 15.7. The monoisotopic (exact) mass is 293 g/mol. The molecule has 6 nitrogen and oxygen atoms in total. The second-order valence-electron chi connectivity index (χ2n) is 4.16. The van der Waals surface area contributed by atoms with Crippen LogP contribution in [-0.2, 0) is 14.3 Å². The Kier molecular flexibility index (Phi) is 6.97. The fraction of sp³-hybridized carbons (Fsp3) is 0.333. The Labute approximate surface area is 123 Å². The van der Waals surface area contributed by atoms with Crippen LogP contribution in [-0.4, -0.2) is 43.3 Å². The number of rotatable bonds is 8. The zero-order valence-electron chi connectivity index (χ0n) is 12.0. The van der Waals surface area contributed by atoms with Crippen molar-refractivity contribution in [3.05, 3.63) is 35.9 Å². The van der Waals surface area contributed by atoms with Crippen molar-refractivity contribution < 1.29 is 24.2 Å². The van der Waals surface area contributed by atoms with Crippen LogP contribution in [0.1, 0.15) is 12.5 Å². The summed E-state index contributed by atoms with van der Waals surface area (Å²) in [5, 5.41) is 11.3. The summed E-state index contributed by atoms with van der Waals surface area (Å²) < 4.78 is 10.2. The molecule has 0 saturated heterocycles. The van der Waals surface area contributed by atoms with Gasteiger partial charge >= 0.3 is 5.97 Å². The quantitative estimate of drug-likeness (QED) is 0.706. The van der Waals surface area contributed by atoms with Gasteiger partial charge in [-0.15, -0.1) is 0 Å². The fourth-order valence-electron chi connectivity index (χ4n) is 1.63. The highest BCUT2D eigenvalue weighted by Gasteiger charge is 2.18. The minimum Gasteiger partial charge on any atom is -0.493 e. The van der Waals surface area contributed by atoms with E-state index in [1.165, 1.54) is 13.2 Å². The molecule has 0 aliphatic rings. The van der Waals surface area contributed by atoms with Gasteiger partial charge in [-0.05, 0) is 19.1 Å². The third-order valence-corrected chi connectivity index (χ3v) is 2.58. The van der Waals surface area contributed by atoms with Crippen molar-refractivity contribution in [2.45, 2.75) is 13.0 Å². The first kappa shape index (κ1) is 16.7. The molecule has 0 aromatic heterocycles. The minimum atomic E-state index is -1.15. The molecule has 21 heavy (non-hydrogen) atoms. The van der Waals surface area contributed by atoms with Crippen molar-refractivity contribution in [3.8, 4) is 5.75 Å². The summed E-state index contributed by atoms with van der Waals surface area (Å²) in [6.45, 7) is 2.30. The summed E-state index contributed by atoms with van der Waals surface area (Å²) in [5.41, 5.74) is 0.744. The molecular formula is C15H19NO5. The van der Waals surface area contributed by atoms with E-state index in [1.54, 1.807) is 18.2 Å². The fourth-order valence-corrected chi connectivity index (χ4v) is 1.63. The van der Waals surface area contributed by atoms with Crippen LogP contribution >= 0.6 is 0 Å². The van der Waals surface area contributed by atoms with Crippen molar-refractivity contribution in [1.82, 2.24) is 5.32 Å². The van der Waals surface area contributed by atoms with Gasteiger partial charge in [0.1, 0.15) is 5.75 Å². The minimum absolute atomic E-state index is 0.0928. The number of hydrogen-bond acceptors (Lipinski definition) is 4. The molecule has 0 aliphatic carbocycles. The van der Waals surface area contributed by atoms with Gasteiger partial charge in [0.15, 0.2) is 6.04 Å². The van der Waals surface area contributed by atoms with Gasteiger partial charge in [0.2, 0.25) is 5.91 Å². The summed E-state index contributed by atoms with van der Waals surface area (Å²) in [6, 6.07) is 6.19. The zero-order valence-corrected chi connectivity index (χ0v) is 12.0. The lowest BCUT2D eigenvalue weighted by atomic mass is 10.2.